The molecule has 1 aliphatic rings. The number of rotatable bonds is 3. The van der Waals surface area contributed by atoms with Crippen molar-refractivity contribution in [3.05, 3.63) is 12.3 Å². The van der Waals surface area contributed by atoms with E-state index in [1.54, 1.807) is 16.9 Å². The summed E-state index contributed by atoms with van der Waals surface area (Å²) in [7, 11) is 1.87. The predicted molar refractivity (Wildman–Crippen MR) is 65.1 cm³/mol. The molecule has 1 saturated heterocycles. The first-order valence-corrected chi connectivity index (χ1v) is 6.44. The highest BCUT2D eigenvalue weighted by molar-refractivity contribution is 7.99. The quantitative estimate of drug-likeness (QED) is 0.832. The zero-order chi connectivity index (χ0) is 11.5. The Labute approximate surface area is 99.0 Å². The van der Waals surface area contributed by atoms with Crippen LogP contribution in [-0.4, -0.2) is 45.2 Å². The molecule has 0 aliphatic carbocycles. The number of thioether (sulfide) groups is 1. The van der Waals surface area contributed by atoms with Crippen molar-refractivity contribution in [1.29, 1.82) is 0 Å². The molecule has 1 aliphatic heterocycles. The molecule has 16 heavy (non-hydrogen) atoms. The van der Waals surface area contributed by atoms with Crippen molar-refractivity contribution in [2.75, 3.05) is 24.3 Å². The van der Waals surface area contributed by atoms with Gasteiger partial charge in [-0.1, -0.05) is 0 Å². The van der Waals surface area contributed by atoms with Crippen molar-refractivity contribution in [2.24, 2.45) is 0 Å². The molecule has 1 fully saturated rings. The Morgan fingerprint density at radius 3 is 3.19 bits per heavy atom. The van der Waals surface area contributed by atoms with Crippen molar-refractivity contribution in [2.45, 2.75) is 19.0 Å². The molecule has 2 rings (SSSR count). The van der Waals surface area contributed by atoms with Crippen LogP contribution in [0.1, 0.15) is 6.42 Å². The molecule has 2 heterocycles. The van der Waals surface area contributed by atoms with Crippen LogP contribution in [0.25, 0.3) is 0 Å². The first-order valence-electron chi connectivity index (χ1n) is 5.29. The maximum atomic E-state index is 11.9. The monoisotopic (exact) mass is 240 g/mol. The Bertz CT molecular complexity index is 373. The van der Waals surface area contributed by atoms with Crippen LogP contribution in [0.3, 0.4) is 0 Å². The number of aromatic nitrogens is 2. The summed E-state index contributed by atoms with van der Waals surface area (Å²) in [6.07, 6.45) is 2.82. The smallest absolute Gasteiger partial charge is 0.244 e. The Morgan fingerprint density at radius 1 is 1.81 bits per heavy atom. The molecule has 1 aromatic rings. The van der Waals surface area contributed by atoms with Crippen LogP contribution >= 0.6 is 11.8 Å². The van der Waals surface area contributed by atoms with Crippen molar-refractivity contribution in [1.82, 2.24) is 14.7 Å². The summed E-state index contributed by atoms with van der Waals surface area (Å²) in [4.78, 5) is 13.8. The molecule has 0 bridgehead atoms. The minimum atomic E-state index is 0.0931. The van der Waals surface area contributed by atoms with Crippen LogP contribution in [0.2, 0.25) is 0 Å². The summed E-state index contributed by atoms with van der Waals surface area (Å²) in [6.45, 7) is 0.273. The van der Waals surface area contributed by atoms with Gasteiger partial charge in [-0.2, -0.15) is 16.9 Å². The second-order valence-electron chi connectivity index (χ2n) is 3.96. The van der Waals surface area contributed by atoms with Crippen LogP contribution in [0.5, 0.6) is 0 Å². The van der Waals surface area contributed by atoms with Crippen molar-refractivity contribution in [3.63, 3.8) is 0 Å². The van der Waals surface area contributed by atoms with Gasteiger partial charge in [0, 0.05) is 25.0 Å². The molecule has 88 valence electrons. The molecule has 0 aromatic carbocycles. The summed E-state index contributed by atoms with van der Waals surface area (Å²) >= 11 is 1.90. The van der Waals surface area contributed by atoms with E-state index in [-0.39, 0.29) is 12.5 Å². The first kappa shape index (κ1) is 11.3. The van der Waals surface area contributed by atoms with Crippen molar-refractivity contribution in [3.8, 4) is 0 Å². The van der Waals surface area contributed by atoms with E-state index in [0.29, 0.717) is 11.9 Å². The third-order valence-electron chi connectivity index (χ3n) is 2.81. The minimum absolute atomic E-state index is 0.0931. The van der Waals surface area contributed by atoms with Crippen LogP contribution in [0.4, 0.5) is 5.82 Å². The van der Waals surface area contributed by atoms with E-state index >= 15 is 0 Å². The number of carbonyl (C=O) groups is 1. The van der Waals surface area contributed by atoms with E-state index < -0.39 is 0 Å². The minimum Gasteiger partial charge on any atom is -0.382 e. The van der Waals surface area contributed by atoms with Gasteiger partial charge in [-0.15, -0.1) is 0 Å². The summed E-state index contributed by atoms with van der Waals surface area (Å²) in [5, 5.41) is 4.00. The van der Waals surface area contributed by atoms with E-state index in [1.165, 1.54) is 0 Å². The maximum Gasteiger partial charge on any atom is 0.244 e. The maximum absolute atomic E-state index is 11.9. The Morgan fingerprint density at radius 2 is 2.62 bits per heavy atom. The zero-order valence-electron chi connectivity index (χ0n) is 9.30. The van der Waals surface area contributed by atoms with Crippen LogP contribution in [-0.2, 0) is 11.3 Å². The fraction of sp³-hybridized carbons (Fsp3) is 0.600. The van der Waals surface area contributed by atoms with Crippen molar-refractivity contribution >= 4 is 23.5 Å². The Kier molecular flexibility index (Phi) is 3.38. The fourth-order valence-corrected chi connectivity index (χ4v) is 3.01. The predicted octanol–water partition coefficient (Wildman–Crippen LogP) is 0.429. The standard InChI is InChI=1S/C10H16N4OS/c1-13(8-3-5-16-7-8)10(15)6-14-4-2-9(11)12-14/h2,4,8H,3,5-7H2,1H3,(H2,11,12). The lowest BCUT2D eigenvalue weighted by Gasteiger charge is -2.23. The summed E-state index contributed by atoms with van der Waals surface area (Å²) in [5.41, 5.74) is 5.49. The van der Waals surface area contributed by atoms with E-state index in [0.717, 1.165) is 17.9 Å². The van der Waals surface area contributed by atoms with Gasteiger partial charge in [0.1, 0.15) is 12.4 Å². The molecular weight excluding hydrogens is 224 g/mol. The number of nitrogens with two attached hydrogens (primary N) is 1. The van der Waals surface area contributed by atoms with Gasteiger partial charge in [0.2, 0.25) is 5.91 Å². The molecule has 5 nitrogen and oxygen atoms in total. The topological polar surface area (TPSA) is 64.2 Å². The van der Waals surface area contributed by atoms with E-state index in [1.807, 2.05) is 23.7 Å². The highest BCUT2D eigenvalue weighted by atomic mass is 32.2. The van der Waals surface area contributed by atoms with Gasteiger partial charge >= 0.3 is 0 Å². The molecule has 1 amide bonds. The van der Waals surface area contributed by atoms with Gasteiger partial charge in [-0.05, 0) is 18.2 Å². The molecule has 0 saturated carbocycles. The number of amides is 1. The second-order valence-corrected chi connectivity index (χ2v) is 5.11. The second kappa shape index (κ2) is 4.78. The van der Waals surface area contributed by atoms with E-state index in [2.05, 4.69) is 5.10 Å². The lowest BCUT2D eigenvalue weighted by atomic mass is 10.2. The highest BCUT2D eigenvalue weighted by Crippen LogP contribution is 2.21. The third kappa shape index (κ3) is 2.49. The number of nitrogen functional groups attached to an aromatic ring is 1. The van der Waals surface area contributed by atoms with Crippen LogP contribution < -0.4 is 5.73 Å². The molecule has 2 N–H and O–H groups in total. The SMILES string of the molecule is CN(C(=O)Cn1ccc(N)n1)C1CCSC1. The van der Waals surface area contributed by atoms with E-state index in [9.17, 15) is 4.79 Å². The number of hydrogen-bond donors (Lipinski definition) is 1. The number of anilines is 1. The summed E-state index contributed by atoms with van der Waals surface area (Å²) < 4.78 is 1.58. The zero-order valence-corrected chi connectivity index (χ0v) is 10.1. The molecule has 1 atom stereocenters. The van der Waals surface area contributed by atoms with Gasteiger partial charge in [-0.25, -0.2) is 0 Å². The van der Waals surface area contributed by atoms with Crippen molar-refractivity contribution < 1.29 is 4.79 Å². The summed E-state index contributed by atoms with van der Waals surface area (Å²) in [5.74, 6) is 2.74. The number of hydrogen-bond acceptors (Lipinski definition) is 4. The molecular formula is C10H16N4OS. The van der Waals surface area contributed by atoms with Gasteiger partial charge < -0.3 is 10.6 Å². The lowest BCUT2D eigenvalue weighted by molar-refractivity contribution is -0.132. The fourth-order valence-electron chi connectivity index (χ4n) is 1.75. The van der Waals surface area contributed by atoms with E-state index in [4.69, 9.17) is 5.73 Å². The Hall–Kier alpha value is -1.17. The summed E-state index contributed by atoms with van der Waals surface area (Å²) in [6, 6.07) is 2.07. The van der Waals surface area contributed by atoms with Gasteiger partial charge in [0.25, 0.3) is 0 Å². The Balaban J connectivity index is 1.92. The normalized spacial score (nSPS) is 19.9. The van der Waals surface area contributed by atoms with Crippen LogP contribution in [0.15, 0.2) is 12.3 Å². The average molecular weight is 240 g/mol. The molecule has 1 unspecified atom stereocenters. The molecule has 1 aromatic heterocycles. The number of likely N-dealkylation sites (N-methyl/N-ethyl adjacent to an activating group) is 1. The lowest BCUT2D eigenvalue weighted by Crippen LogP contribution is -2.39. The molecule has 6 heteroatoms. The third-order valence-corrected chi connectivity index (χ3v) is 3.95. The molecule has 0 radical (unpaired) electrons. The number of nitrogens with zero attached hydrogens (tertiary/aromatic N) is 3. The highest BCUT2D eigenvalue weighted by Gasteiger charge is 2.23. The van der Waals surface area contributed by atoms with Gasteiger partial charge in [-0.3, -0.25) is 9.48 Å². The molecule has 0 spiro atoms. The van der Waals surface area contributed by atoms with Gasteiger partial charge in [0.15, 0.2) is 0 Å². The average Bonchev–Trinajstić information content (AvgIpc) is 2.88. The number of carbonyl (C=O) groups excluding carboxylic acids is 1. The van der Waals surface area contributed by atoms with Gasteiger partial charge in [0.05, 0.1) is 0 Å². The largest absolute Gasteiger partial charge is 0.382 e. The first-order chi connectivity index (χ1) is 7.66. The van der Waals surface area contributed by atoms with Crippen LogP contribution in [0, 0.1) is 0 Å².